The molecule has 3 aliphatic rings. The third-order valence-corrected chi connectivity index (χ3v) is 5.75. The van der Waals surface area contributed by atoms with Crippen molar-refractivity contribution in [3.63, 3.8) is 0 Å². The van der Waals surface area contributed by atoms with Gasteiger partial charge in [-0.25, -0.2) is 0 Å². The van der Waals surface area contributed by atoms with E-state index < -0.39 is 5.79 Å². The molecule has 126 valence electrons. The zero-order chi connectivity index (χ0) is 16.3. The first-order chi connectivity index (χ1) is 11.6. The number of hydrogen-bond donors (Lipinski definition) is 0. The average Bonchev–Trinajstić information content (AvgIpc) is 3.25. The zero-order valence-electron chi connectivity index (χ0n) is 12.8. The second kappa shape index (κ2) is 5.46. The van der Waals surface area contributed by atoms with Gasteiger partial charge in [-0.15, -0.1) is 0 Å². The fourth-order valence-corrected chi connectivity index (χ4v) is 4.80. The molecule has 0 bridgehead atoms. The van der Waals surface area contributed by atoms with Crippen LogP contribution in [0.1, 0.15) is 35.1 Å². The lowest BCUT2D eigenvalue weighted by Gasteiger charge is -2.30. The molecule has 0 amide bonds. The van der Waals surface area contributed by atoms with Gasteiger partial charge >= 0.3 is 0 Å². The Kier molecular flexibility index (Phi) is 3.46. The third kappa shape index (κ3) is 2.31. The van der Waals surface area contributed by atoms with E-state index in [1.807, 2.05) is 12.1 Å². The molecule has 1 fully saturated rings. The first-order valence-electron chi connectivity index (χ1n) is 8.03. The highest BCUT2D eigenvalue weighted by Crippen LogP contribution is 2.46. The first kappa shape index (κ1) is 15.2. The van der Waals surface area contributed by atoms with Gasteiger partial charge in [0.25, 0.3) is 0 Å². The molecular weight excluding hydrogens is 398 g/mol. The van der Waals surface area contributed by atoms with Crippen molar-refractivity contribution in [3.8, 4) is 5.75 Å². The van der Waals surface area contributed by atoms with E-state index in [9.17, 15) is 0 Å². The number of fused-ring (bicyclic) bond motifs is 2. The molecule has 1 spiro atoms. The molecule has 1 aliphatic carbocycles. The van der Waals surface area contributed by atoms with E-state index in [2.05, 4.69) is 21.1 Å². The predicted molar refractivity (Wildman–Crippen MR) is 89.4 cm³/mol. The van der Waals surface area contributed by atoms with Gasteiger partial charge in [-0.2, -0.15) is 0 Å². The van der Waals surface area contributed by atoms with Gasteiger partial charge in [0, 0.05) is 35.4 Å². The summed E-state index contributed by atoms with van der Waals surface area (Å²) in [7, 11) is 0. The van der Waals surface area contributed by atoms with Gasteiger partial charge in [0.15, 0.2) is 17.7 Å². The van der Waals surface area contributed by atoms with Crippen molar-refractivity contribution in [2.24, 2.45) is 0 Å². The Bertz CT molecular complexity index is 815. The van der Waals surface area contributed by atoms with Gasteiger partial charge in [-0.05, 0) is 34.5 Å². The maximum Gasteiger partial charge on any atom is 0.181 e. The average molecular weight is 413 g/mol. The van der Waals surface area contributed by atoms with E-state index in [4.69, 9.17) is 30.3 Å². The van der Waals surface area contributed by atoms with Crippen molar-refractivity contribution in [2.75, 3.05) is 13.2 Å². The molecule has 2 aliphatic heterocycles. The van der Waals surface area contributed by atoms with Gasteiger partial charge in [-0.3, -0.25) is 0 Å². The highest BCUT2D eigenvalue weighted by Gasteiger charge is 2.44. The molecule has 5 nitrogen and oxygen atoms in total. The Labute approximate surface area is 152 Å². The summed E-state index contributed by atoms with van der Waals surface area (Å²) in [6, 6.07) is 3.78. The van der Waals surface area contributed by atoms with Crippen molar-refractivity contribution in [2.45, 2.75) is 37.6 Å². The topological polar surface area (TPSA) is 53.7 Å². The lowest BCUT2D eigenvalue weighted by molar-refractivity contribution is -0.164. The minimum Gasteiger partial charge on any atom is -0.481 e. The van der Waals surface area contributed by atoms with Crippen LogP contribution in [0.4, 0.5) is 0 Å². The molecule has 0 saturated carbocycles. The summed E-state index contributed by atoms with van der Waals surface area (Å²) in [5.74, 6) is 1.10. The summed E-state index contributed by atoms with van der Waals surface area (Å²) >= 11 is 9.66. The summed E-state index contributed by atoms with van der Waals surface area (Å²) in [6.07, 6.45) is 2.81. The van der Waals surface area contributed by atoms with E-state index in [-0.39, 0.29) is 6.10 Å². The lowest BCUT2D eigenvalue weighted by Crippen LogP contribution is -2.37. The molecule has 0 unspecified atom stereocenters. The summed E-state index contributed by atoms with van der Waals surface area (Å²) in [4.78, 5) is 0. The third-order valence-electron chi connectivity index (χ3n) is 4.95. The van der Waals surface area contributed by atoms with Crippen molar-refractivity contribution < 1.29 is 18.7 Å². The predicted octanol–water partition coefficient (Wildman–Crippen LogP) is 4.00. The zero-order valence-corrected chi connectivity index (χ0v) is 15.2. The largest absolute Gasteiger partial charge is 0.481 e. The number of rotatable bonds is 1. The Balaban J connectivity index is 1.48. The normalized spacial score (nSPS) is 24.0. The number of ether oxygens (including phenoxy) is 3. The number of nitrogens with zero attached hydrogens (tertiary/aromatic N) is 1. The lowest BCUT2D eigenvalue weighted by atomic mass is 9.89. The van der Waals surface area contributed by atoms with Crippen LogP contribution in [0.3, 0.4) is 0 Å². The van der Waals surface area contributed by atoms with Crippen LogP contribution in [-0.4, -0.2) is 24.2 Å². The molecule has 0 N–H and O–H groups in total. The number of aryl methyl sites for hydroxylation is 1. The van der Waals surface area contributed by atoms with Gasteiger partial charge in [0.05, 0.1) is 23.4 Å². The van der Waals surface area contributed by atoms with Crippen LogP contribution in [0, 0.1) is 0 Å². The van der Waals surface area contributed by atoms with Crippen LogP contribution in [0.15, 0.2) is 21.1 Å². The molecule has 2 aromatic rings. The molecule has 5 rings (SSSR count). The van der Waals surface area contributed by atoms with E-state index in [1.54, 1.807) is 0 Å². The Hall–Kier alpha value is -1.08. The molecule has 1 aromatic heterocycles. The smallest absolute Gasteiger partial charge is 0.181 e. The fourth-order valence-electron chi connectivity index (χ4n) is 3.83. The Morgan fingerprint density at radius 2 is 2.08 bits per heavy atom. The molecule has 24 heavy (non-hydrogen) atoms. The maximum atomic E-state index is 6.14. The van der Waals surface area contributed by atoms with Crippen LogP contribution in [-0.2, 0) is 28.7 Å². The van der Waals surface area contributed by atoms with Gasteiger partial charge < -0.3 is 18.7 Å². The summed E-state index contributed by atoms with van der Waals surface area (Å²) in [5.41, 5.74) is 3.14. The van der Waals surface area contributed by atoms with E-state index in [0.717, 1.165) is 45.6 Å². The second-order valence-corrected chi connectivity index (χ2v) is 7.73. The Morgan fingerprint density at radius 3 is 2.92 bits per heavy atom. The highest BCUT2D eigenvalue weighted by molar-refractivity contribution is 9.10. The fraction of sp³-hybridized carbons (Fsp3) is 0.471. The maximum absolute atomic E-state index is 6.14. The van der Waals surface area contributed by atoms with Gasteiger partial charge in [-0.1, -0.05) is 16.8 Å². The quantitative estimate of drug-likeness (QED) is 0.709. The summed E-state index contributed by atoms with van der Waals surface area (Å²) in [5, 5.41) is 4.95. The van der Waals surface area contributed by atoms with Crippen LogP contribution in [0.2, 0.25) is 5.02 Å². The van der Waals surface area contributed by atoms with Crippen molar-refractivity contribution in [1.82, 2.24) is 5.16 Å². The van der Waals surface area contributed by atoms with E-state index in [1.165, 1.54) is 0 Å². The molecule has 1 aromatic carbocycles. The van der Waals surface area contributed by atoms with E-state index >= 15 is 0 Å². The van der Waals surface area contributed by atoms with Crippen LogP contribution in [0.5, 0.6) is 5.75 Å². The molecule has 3 heterocycles. The molecule has 1 saturated heterocycles. The molecule has 0 radical (unpaired) electrons. The van der Waals surface area contributed by atoms with Crippen LogP contribution < -0.4 is 4.74 Å². The first-order valence-corrected chi connectivity index (χ1v) is 9.20. The van der Waals surface area contributed by atoms with Gasteiger partial charge in [0.1, 0.15) is 5.75 Å². The van der Waals surface area contributed by atoms with Crippen molar-refractivity contribution in [3.05, 3.63) is 44.2 Å². The Morgan fingerprint density at radius 1 is 1.25 bits per heavy atom. The molecule has 7 heteroatoms. The van der Waals surface area contributed by atoms with Crippen LogP contribution in [0.25, 0.3) is 0 Å². The monoisotopic (exact) mass is 411 g/mol. The summed E-state index contributed by atoms with van der Waals surface area (Å²) < 4.78 is 24.4. The summed E-state index contributed by atoms with van der Waals surface area (Å²) in [6.45, 7) is 1.29. The molecular formula is C17H15BrClNO4. The SMILES string of the molecule is Clc1cc(Br)c2c(c1)C[C@H](c1onc3c1CC1(CC3)OCCO1)O2. The van der Waals surface area contributed by atoms with E-state index in [0.29, 0.717) is 31.1 Å². The standard InChI is InChI=1S/C17H15BrClNO4/c18-12-7-10(19)5-9-6-14(23-15(9)12)16-11-8-17(21-3-4-22-17)2-1-13(11)20-24-16/h5,7,14H,1-4,6,8H2/t14-/m1/s1. The minimum atomic E-state index is -0.511. The van der Waals surface area contributed by atoms with Crippen molar-refractivity contribution in [1.29, 1.82) is 0 Å². The minimum absolute atomic E-state index is 0.192. The number of benzene rings is 1. The second-order valence-electron chi connectivity index (χ2n) is 6.44. The van der Waals surface area contributed by atoms with Crippen LogP contribution >= 0.6 is 27.5 Å². The van der Waals surface area contributed by atoms with Gasteiger partial charge in [0.2, 0.25) is 0 Å². The number of aromatic nitrogens is 1. The van der Waals surface area contributed by atoms with Crippen molar-refractivity contribution >= 4 is 27.5 Å². The highest BCUT2D eigenvalue weighted by atomic mass is 79.9. The molecule has 1 atom stereocenters. The number of hydrogen-bond acceptors (Lipinski definition) is 5. The number of halogens is 2.